The van der Waals surface area contributed by atoms with Crippen molar-refractivity contribution in [3.05, 3.63) is 71.8 Å². The van der Waals surface area contributed by atoms with Crippen molar-refractivity contribution in [1.82, 2.24) is 4.90 Å². The molecule has 0 radical (unpaired) electrons. The van der Waals surface area contributed by atoms with E-state index in [9.17, 15) is 0 Å². The Morgan fingerprint density at radius 3 is 1.50 bits per heavy atom. The molecule has 0 spiro atoms. The fourth-order valence-corrected chi connectivity index (χ4v) is 2.32. The first-order valence-corrected chi connectivity index (χ1v) is 7.45. The molecule has 0 saturated carbocycles. The zero-order chi connectivity index (χ0) is 14.4. The van der Waals surface area contributed by atoms with Crippen molar-refractivity contribution in [2.75, 3.05) is 0 Å². The highest BCUT2D eigenvalue weighted by Gasteiger charge is 2.24. The summed E-state index contributed by atoms with van der Waals surface area (Å²) in [6.07, 6.45) is 1.15. The van der Waals surface area contributed by atoms with Gasteiger partial charge < -0.3 is 0 Å². The number of hydrogen-bond acceptors (Lipinski definition) is 1. The SMILES string of the molecule is CCC(C)(C)N(Cc1ccccc1)Cc1ccccc1. The molecule has 0 aliphatic carbocycles. The number of benzene rings is 2. The lowest BCUT2D eigenvalue weighted by Gasteiger charge is -2.38. The van der Waals surface area contributed by atoms with E-state index < -0.39 is 0 Å². The second kappa shape index (κ2) is 6.71. The van der Waals surface area contributed by atoms with Crippen LogP contribution in [0.1, 0.15) is 38.3 Å². The molecule has 1 nitrogen and oxygen atoms in total. The molecule has 0 aliphatic rings. The minimum Gasteiger partial charge on any atom is -0.290 e. The van der Waals surface area contributed by atoms with E-state index in [1.165, 1.54) is 11.1 Å². The quantitative estimate of drug-likeness (QED) is 0.721. The number of rotatable bonds is 6. The van der Waals surface area contributed by atoms with E-state index in [4.69, 9.17) is 0 Å². The molecule has 106 valence electrons. The van der Waals surface area contributed by atoms with Gasteiger partial charge >= 0.3 is 0 Å². The monoisotopic (exact) mass is 267 g/mol. The Labute approximate surface area is 123 Å². The van der Waals surface area contributed by atoms with Crippen LogP contribution in [0.3, 0.4) is 0 Å². The lowest BCUT2D eigenvalue weighted by atomic mass is 9.97. The topological polar surface area (TPSA) is 3.24 Å². The Kier molecular flexibility index (Phi) is 4.97. The minimum atomic E-state index is 0.200. The molecule has 20 heavy (non-hydrogen) atoms. The van der Waals surface area contributed by atoms with Crippen LogP contribution >= 0.6 is 0 Å². The Bertz CT molecular complexity index is 460. The third-order valence-electron chi connectivity index (χ3n) is 4.15. The Hall–Kier alpha value is -1.60. The van der Waals surface area contributed by atoms with E-state index in [1.807, 2.05) is 0 Å². The first-order chi connectivity index (χ1) is 9.62. The normalized spacial score (nSPS) is 11.8. The molecule has 0 aromatic heterocycles. The van der Waals surface area contributed by atoms with Crippen LogP contribution in [0.25, 0.3) is 0 Å². The molecule has 0 heterocycles. The molecule has 0 saturated heterocycles. The van der Waals surface area contributed by atoms with Crippen LogP contribution in [0, 0.1) is 0 Å². The molecule has 0 unspecified atom stereocenters. The average Bonchev–Trinajstić information content (AvgIpc) is 2.49. The van der Waals surface area contributed by atoms with E-state index in [0.717, 1.165) is 19.5 Å². The van der Waals surface area contributed by atoms with Crippen molar-refractivity contribution in [2.45, 2.75) is 45.8 Å². The van der Waals surface area contributed by atoms with E-state index >= 15 is 0 Å². The zero-order valence-corrected chi connectivity index (χ0v) is 12.8. The number of hydrogen-bond donors (Lipinski definition) is 0. The molecular formula is C19H25N. The van der Waals surface area contributed by atoms with Gasteiger partial charge in [0.05, 0.1) is 0 Å². The van der Waals surface area contributed by atoms with Gasteiger partial charge in [-0.05, 0) is 31.4 Å². The van der Waals surface area contributed by atoms with Crippen molar-refractivity contribution in [1.29, 1.82) is 0 Å². The van der Waals surface area contributed by atoms with Gasteiger partial charge in [0.15, 0.2) is 0 Å². The molecular weight excluding hydrogens is 242 g/mol. The highest BCUT2D eigenvalue weighted by Crippen LogP contribution is 2.23. The first-order valence-electron chi connectivity index (χ1n) is 7.45. The highest BCUT2D eigenvalue weighted by molar-refractivity contribution is 5.17. The largest absolute Gasteiger partial charge is 0.290 e. The lowest BCUT2D eigenvalue weighted by Crippen LogP contribution is -2.42. The fraction of sp³-hybridized carbons (Fsp3) is 0.368. The molecule has 0 aliphatic heterocycles. The Morgan fingerprint density at radius 1 is 0.750 bits per heavy atom. The molecule has 0 bridgehead atoms. The van der Waals surface area contributed by atoms with Crippen LogP contribution in [0.4, 0.5) is 0 Å². The third kappa shape index (κ3) is 3.94. The van der Waals surface area contributed by atoms with E-state index in [1.54, 1.807) is 0 Å². The van der Waals surface area contributed by atoms with E-state index in [0.29, 0.717) is 0 Å². The second-order valence-electron chi connectivity index (χ2n) is 5.99. The zero-order valence-electron chi connectivity index (χ0n) is 12.8. The maximum Gasteiger partial charge on any atom is 0.0242 e. The van der Waals surface area contributed by atoms with Crippen molar-refractivity contribution in [3.63, 3.8) is 0 Å². The molecule has 1 heteroatoms. The van der Waals surface area contributed by atoms with Gasteiger partial charge in [-0.3, -0.25) is 4.90 Å². The summed E-state index contributed by atoms with van der Waals surface area (Å²) < 4.78 is 0. The van der Waals surface area contributed by atoms with Crippen molar-refractivity contribution in [2.24, 2.45) is 0 Å². The molecule has 0 amide bonds. The summed E-state index contributed by atoms with van der Waals surface area (Å²) in [7, 11) is 0. The Morgan fingerprint density at radius 2 is 1.15 bits per heavy atom. The lowest BCUT2D eigenvalue weighted by molar-refractivity contribution is 0.0980. The maximum atomic E-state index is 2.57. The van der Waals surface area contributed by atoms with Gasteiger partial charge in [0, 0.05) is 18.6 Å². The summed E-state index contributed by atoms with van der Waals surface area (Å²) in [4.78, 5) is 2.57. The summed E-state index contributed by atoms with van der Waals surface area (Å²) in [6.45, 7) is 8.92. The van der Waals surface area contributed by atoms with Crippen LogP contribution in [0.15, 0.2) is 60.7 Å². The summed E-state index contributed by atoms with van der Waals surface area (Å²) >= 11 is 0. The first kappa shape index (κ1) is 14.8. The average molecular weight is 267 g/mol. The van der Waals surface area contributed by atoms with Gasteiger partial charge in [-0.2, -0.15) is 0 Å². The molecule has 2 aromatic rings. The Balaban J connectivity index is 2.17. The van der Waals surface area contributed by atoms with Crippen LogP contribution in [-0.2, 0) is 13.1 Å². The van der Waals surface area contributed by atoms with Gasteiger partial charge in [0.25, 0.3) is 0 Å². The van der Waals surface area contributed by atoms with Gasteiger partial charge in [-0.1, -0.05) is 67.6 Å². The van der Waals surface area contributed by atoms with Crippen LogP contribution in [0.5, 0.6) is 0 Å². The molecule has 2 rings (SSSR count). The molecule has 0 atom stereocenters. The molecule has 0 fully saturated rings. The van der Waals surface area contributed by atoms with Gasteiger partial charge in [0.1, 0.15) is 0 Å². The standard InChI is InChI=1S/C19H25N/c1-4-19(2,3)20(15-17-11-7-5-8-12-17)16-18-13-9-6-10-14-18/h5-14H,4,15-16H2,1-3H3. The smallest absolute Gasteiger partial charge is 0.0242 e. The summed E-state index contributed by atoms with van der Waals surface area (Å²) in [5.74, 6) is 0. The second-order valence-corrected chi connectivity index (χ2v) is 5.99. The van der Waals surface area contributed by atoms with Crippen LogP contribution in [-0.4, -0.2) is 10.4 Å². The highest BCUT2D eigenvalue weighted by atomic mass is 15.2. The minimum absolute atomic E-state index is 0.200. The van der Waals surface area contributed by atoms with Crippen molar-refractivity contribution >= 4 is 0 Å². The molecule has 0 N–H and O–H groups in total. The van der Waals surface area contributed by atoms with Gasteiger partial charge in [-0.25, -0.2) is 0 Å². The summed E-state index contributed by atoms with van der Waals surface area (Å²) in [5, 5.41) is 0. The third-order valence-corrected chi connectivity index (χ3v) is 4.15. The molecule has 2 aromatic carbocycles. The van der Waals surface area contributed by atoms with E-state index in [-0.39, 0.29) is 5.54 Å². The van der Waals surface area contributed by atoms with Crippen molar-refractivity contribution in [3.8, 4) is 0 Å². The predicted octanol–water partition coefficient (Wildman–Crippen LogP) is 4.88. The number of nitrogens with zero attached hydrogens (tertiary/aromatic N) is 1. The van der Waals surface area contributed by atoms with Crippen LogP contribution in [0.2, 0.25) is 0 Å². The maximum absolute atomic E-state index is 2.57. The van der Waals surface area contributed by atoms with E-state index in [2.05, 4.69) is 86.3 Å². The fourth-order valence-electron chi connectivity index (χ4n) is 2.32. The van der Waals surface area contributed by atoms with Gasteiger partial charge in [-0.15, -0.1) is 0 Å². The van der Waals surface area contributed by atoms with Gasteiger partial charge in [0.2, 0.25) is 0 Å². The van der Waals surface area contributed by atoms with Crippen LogP contribution < -0.4 is 0 Å². The van der Waals surface area contributed by atoms with Crippen molar-refractivity contribution < 1.29 is 0 Å². The summed E-state index contributed by atoms with van der Waals surface area (Å²) in [6, 6.07) is 21.5. The summed E-state index contributed by atoms with van der Waals surface area (Å²) in [5.41, 5.74) is 2.96. The predicted molar refractivity (Wildman–Crippen MR) is 86.5 cm³/mol.